The van der Waals surface area contributed by atoms with E-state index < -0.39 is 0 Å². The Hall–Kier alpha value is -0.800. The molecule has 0 unspecified atom stereocenters. The molecule has 3 heteroatoms. The number of aromatic nitrogens is 1. The summed E-state index contributed by atoms with van der Waals surface area (Å²) in [7, 11) is 0. The molecule has 0 fully saturated rings. The molecule has 0 amide bonds. The summed E-state index contributed by atoms with van der Waals surface area (Å²) in [6, 6.07) is 6.64. The van der Waals surface area contributed by atoms with Crippen molar-refractivity contribution < 1.29 is 0 Å². The Bertz CT molecular complexity index is 574. The molecule has 2 aromatic rings. The summed E-state index contributed by atoms with van der Waals surface area (Å²) in [6.07, 6.45) is 10.4. The predicted octanol–water partition coefficient (Wildman–Crippen LogP) is 5.87. The molecular weight excluding hydrogens is 336 g/mol. The molecule has 0 radical (unpaired) electrons. The Kier molecular flexibility index (Phi) is 7.47. The molecule has 0 aliphatic heterocycles. The summed E-state index contributed by atoms with van der Waals surface area (Å²) >= 11 is 3.60. The lowest BCUT2D eigenvalue weighted by Crippen LogP contribution is -2.11. The summed E-state index contributed by atoms with van der Waals surface area (Å²) in [6.45, 7) is 7.53. The highest BCUT2D eigenvalue weighted by atomic mass is 79.9. The summed E-state index contributed by atoms with van der Waals surface area (Å²) < 4.78 is 3.60. The van der Waals surface area contributed by atoms with E-state index in [2.05, 4.69) is 64.1 Å². The molecule has 122 valence electrons. The summed E-state index contributed by atoms with van der Waals surface area (Å²) in [4.78, 5) is 0. The van der Waals surface area contributed by atoms with Gasteiger partial charge in [-0.3, -0.25) is 0 Å². The van der Waals surface area contributed by atoms with Gasteiger partial charge in [0.2, 0.25) is 0 Å². The van der Waals surface area contributed by atoms with Crippen molar-refractivity contribution in [3.05, 3.63) is 34.4 Å². The molecule has 1 aromatic carbocycles. The molecule has 0 aliphatic carbocycles. The zero-order valence-corrected chi connectivity index (χ0v) is 15.6. The van der Waals surface area contributed by atoms with Crippen LogP contribution in [0.5, 0.6) is 0 Å². The van der Waals surface area contributed by atoms with E-state index in [-0.39, 0.29) is 0 Å². The number of nitrogens with zero attached hydrogens (tertiary/aromatic N) is 1. The van der Waals surface area contributed by atoms with Crippen LogP contribution < -0.4 is 5.32 Å². The van der Waals surface area contributed by atoms with Gasteiger partial charge in [-0.15, -0.1) is 0 Å². The maximum absolute atomic E-state index is 3.60. The van der Waals surface area contributed by atoms with Gasteiger partial charge in [0.15, 0.2) is 0 Å². The molecule has 0 atom stereocenters. The average molecular weight is 365 g/mol. The van der Waals surface area contributed by atoms with Crippen molar-refractivity contribution in [3.63, 3.8) is 0 Å². The minimum absolute atomic E-state index is 0.951. The highest BCUT2D eigenvalue weighted by molar-refractivity contribution is 9.10. The molecule has 0 spiro atoms. The number of hydrogen-bond donors (Lipinski definition) is 1. The van der Waals surface area contributed by atoms with Crippen molar-refractivity contribution in [1.29, 1.82) is 0 Å². The van der Waals surface area contributed by atoms with E-state index in [1.807, 2.05) is 0 Å². The van der Waals surface area contributed by atoms with Gasteiger partial charge in [0.25, 0.3) is 0 Å². The third kappa shape index (κ3) is 4.85. The first kappa shape index (κ1) is 17.6. The third-order valence-electron chi connectivity index (χ3n) is 4.24. The Labute approximate surface area is 143 Å². The van der Waals surface area contributed by atoms with Gasteiger partial charge in [0.05, 0.1) is 0 Å². The fraction of sp³-hybridized carbons (Fsp3) is 0.579. The van der Waals surface area contributed by atoms with Crippen molar-refractivity contribution in [3.8, 4) is 0 Å². The van der Waals surface area contributed by atoms with E-state index in [0.717, 1.165) is 24.1 Å². The molecule has 22 heavy (non-hydrogen) atoms. The number of hydrogen-bond acceptors (Lipinski definition) is 1. The quantitative estimate of drug-likeness (QED) is 0.521. The molecule has 0 saturated carbocycles. The number of nitrogens with one attached hydrogen (secondary N) is 1. The summed E-state index contributed by atoms with van der Waals surface area (Å²) in [5.74, 6) is 0. The minimum atomic E-state index is 0.951. The Morgan fingerprint density at radius 2 is 1.82 bits per heavy atom. The summed E-state index contributed by atoms with van der Waals surface area (Å²) in [5.41, 5.74) is 2.77. The number of unbranched alkanes of at least 4 members (excludes halogenated alkanes) is 5. The van der Waals surface area contributed by atoms with Crippen molar-refractivity contribution in [2.24, 2.45) is 0 Å². The number of fused-ring (bicyclic) bond motifs is 1. The zero-order chi connectivity index (χ0) is 15.8. The highest BCUT2D eigenvalue weighted by Gasteiger charge is 2.08. The molecule has 1 N–H and O–H groups in total. The van der Waals surface area contributed by atoms with E-state index in [1.165, 1.54) is 55.0 Å². The fourth-order valence-electron chi connectivity index (χ4n) is 2.99. The monoisotopic (exact) mass is 364 g/mol. The van der Waals surface area contributed by atoms with Gasteiger partial charge < -0.3 is 9.88 Å². The fourth-order valence-corrected chi connectivity index (χ4v) is 3.35. The molecule has 0 bridgehead atoms. The highest BCUT2D eigenvalue weighted by Crippen LogP contribution is 2.26. The molecule has 2 rings (SSSR count). The van der Waals surface area contributed by atoms with Crippen LogP contribution in [0.3, 0.4) is 0 Å². The van der Waals surface area contributed by atoms with Gasteiger partial charge in [0.1, 0.15) is 0 Å². The lowest BCUT2D eigenvalue weighted by molar-refractivity contribution is 0.564. The van der Waals surface area contributed by atoms with Gasteiger partial charge in [0, 0.05) is 34.7 Å². The molecule has 1 heterocycles. The SMILES string of the molecule is CCCCCCCCn1cc(CNCC)c2cc(Br)ccc21. The second-order valence-corrected chi connectivity index (χ2v) is 6.97. The van der Waals surface area contributed by atoms with Crippen molar-refractivity contribution in [2.45, 2.75) is 65.5 Å². The Morgan fingerprint density at radius 1 is 1.05 bits per heavy atom. The van der Waals surface area contributed by atoms with Crippen LogP contribution in [0.2, 0.25) is 0 Å². The van der Waals surface area contributed by atoms with E-state index in [1.54, 1.807) is 0 Å². The van der Waals surface area contributed by atoms with Crippen LogP contribution in [0, 0.1) is 0 Å². The summed E-state index contributed by atoms with van der Waals surface area (Å²) in [5, 5.41) is 4.83. The largest absolute Gasteiger partial charge is 0.347 e. The van der Waals surface area contributed by atoms with Crippen LogP contribution in [-0.2, 0) is 13.1 Å². The van der Waals surface area contributed by atoms with Crippen LogP contribution in [0.15, 0.2) is 28.9 Å². The first-order chi connectivity index (χ1) is 10.8. The Balaban J connectivity index is 2.02. The van der Waals surface area contributed by atoms with Gasteiger partial charge >= 0.3 is 0 Å². The molecular formula is C19H29BrN2. The molecule has 0 saturated heterocycles. The van der Waals surface area contributed by atoms with E-state index in [4.69, 9.17) is 0 Å². The zero-order valence-electron chi connectivity index (χ0n) is 14.0. The standard InChI is InChI=1S/C19H29BrN2/c1-3-5-6-7-8-9-12-22-15-16(14-21-4-2)18-13-17(20)10-11-19(18)22/h10-11,13,15,21H,3-9,12,14H2,1-2H3. The minimum Gasteiger partial charge on any atom is -0.347 e. The first-order valence-electron chi connectivity index (χ1n) is 8.74. The van der Waals surface area contributed by atoms with Crippen LogP contribution in [-0.4, -0.2) is 11.1 Å². The molecule has 2 nitrogen and oxygen atoms in total. The number of rotatable bonds is 10. The van der Waals surface area contributed by atoms with Crippen LogP contribution in [0.4, 0.5) is 0 Å². The number of halogens is 1. The smallest absolute Gasteiger partial charge is 0.0484 e. The normalized spacial score (nSPS) is 11.4. The topological polar surface area (TPSA) is 17.0 Å². The maximum atomic E-state index is 3.60. The van der Waals surface area contributed by atoms with Crippen molar-refractivity contribution in [1.82, 2.24) is 9.88 Å². The van der Waals surface area contributed by atoms with Crippen molar-refractivity contribution in [2.75, 3.05) is 6.54 Å². The van der Waals surface area contributed by atoms with Gasteiger partial charge in [-0.2, -0.15) is 0 Å². The molecule has 1 aromatic heterocycles. The lowest BCUT2D eigenvalue weighted by Gasteiger charge is -2.05. The van der Waals surface area contributed by atoms with Crippen LogP contribution in [0.25, 0.3) is 10.9 Å². The van der Waals surface area contributed by atoms with Gasteiger partial charge in [-0.25, -0.2) is 0 Å². The lowest BCUT2D eigenvalue weighted by atomic mass is 10.1. The van der Waals surface area contributed by atoms with E-state index in [0.29, 0.717) is 0 Å². The van der Waals surface area contributed by atoms with Gasteiger partial charge in [-0.1, -0.05) is 61.9 Å². The van der Waals surface area contributed by atoms with Crippen LogP contribution in [0.1, 0.15) is 57.9 Å². The first-order valence-corrected chi connectivity index (χ1v) is 9.53. The van der Waals surface area contributed by atoms with E-state index in [9.17, 15) is 0 Å². The third-order valence-corrected chi connectivity index (χ3v) is 4.74. The number of aryl methyl sites for hydroxylation is 1. The second-order valence-electron chi connectivity index (χ2n) is 6.06. The maximum Gasteiger partial charge on any atom is 0.0484 e. The number of benzene rings is 1. The van der Waals surface area contributed by atoms with Crippen LogP contribution >= 0.6 is 15.9 Å². The average Bonchev–Trinajstić information content (AvgIpc) is 2.86. The second kappa shape index (κ2) is 9.36. The van der Waals surface area contributed by atoms with Crippen molar-refractivity contribution >= 4 is 26.8 Å². The molecule has 0 aliphatic rings. The predicted molar refractivity (Wildman–Crippen MR) is 100 cm³/mol. The van der Waals surface area contributed by atoms with Gasteiger partial charge in [-0.05, 0) is 36.7 Å². The Morgan fingerprint density at radius 3 is 2.59 bits per heavy atom. The van der Waals surface area contributed by atoms with E-state index >= 15 is 0 Å².